The second-order valence-corrected chi connectivity index (χ2v) is 6.34. The number of amides is 1. The Balaban J connectivity index is 1.39. The summed E-state index contributed by atoms with van der Waals surface area (Å²) in [6, 6.07) is 5.53. The molecule has 136 valence electrons. The first kappa shape index (κ1) is 16.7. The van der Waals surface area contributed by atoms with Crippen molar-refractivity contribution in [2.75, 3.05) is 62.3 Å². The second kappa shape index (κ2) is 7.65. The number of ether oxygens (including phenoxy) is 1. The van der Waals surface area contributed by atoms with Gasteiger partial charge in [0.1, 0.15) is 5.82 Å². The van der Waals surface area contributed by atoms with Crippen LogP contribution in [0.5, 0.6) is 0 Å². The first-order valence-corrected chi connectivity index (χ1v) is 8.91. The topological polar surface area (TPSA) is 74.7 Å². The van der Waals surface area contributed by atoms with Crippen LogP contribution in [0.3, 0.4) is 0 Å². The molecule has 0 aromatic carbocycles. The lowest BCUT2D eigenvalue weighted by atomic mass is 10.2. The zero-order valence-electron chi connectivity index (χ0n) is 14.6. The van der Waals surface area contributed by atoms with Crippen LogP contribution in [0.2, 0.25) is 0 Å². The van der Waals surface area contributed by atoms with Gasteiger partial charge in [0.2, 0.25) is 5.95 Å². The molecular formula is C18H22N6O2. The van der Waals surface area contributed by atoms with E-state index in [4.69, 9.17) is 9.72 Å². The lowest BCUT2D eigenvalue weighted by Gasteiger charge is -2.36. The lowest BCUT2D eigenvalue weighted by molar-refractivity contribution is 0.0746. The fourth-order valence-electron chi connectivity index (χ4n) is 3.24. The molecule has 2 aliphatic rings. The van der Waals surface area contributed by atoms with Crippen molar-refractivity contribution in [1.29, 1.82) is 0 Å². The van der Waals surface area contributed by atoms with Crippen molar-refractivity contribution in [1.82, 2.24) is 19.9 Å². The van der Waals surface area contributed by atoms with Gasteiger partial charge in [0.05, 0.1) is 18.8 Å². The number of nitrogens with zero attached hydrogens (tertiary/aromatic N) is 6. The molecule has 8 heteroatoms. The summed E-state index contributed by atoms with van der Waals surface area (Å²) in [5.74, 6) is 1.70. The van der Waals surface area contributed by atoms with Gasteiger partial charge in [0.25, 0.3) is 5.91 Å². The number of rotatable bonds is 3. The Kier molecular flexibility index (Phi) is 4.92. The first-order valence-electron chi connectivity index (χ1n) is 8.91. The highest BCUT2D eigenvalue weighted by Crippen LogP contribution is 2.18. The van der Waals surface area contributed by atoms with E-state index in [9.17, 15) is 4.79 Å². The number of anilines is 2. The van der Waals surface area contributed by atoms with Crippen LogP contribution in [0.25, 0.3) is 0 Å². The van der Waals surface area contributed by atoms with E-state index in [-0.39, 0.29) is 5.91 Å². The number of aromatic nitrogens is 3. The molecule has 2 aromatic heterocycles. The van der Waals surface area contributed by atoms with E-state index in [0.29, 0.717) is 31.9 Å². The van der Waals surface area contributed by atoms with Crippen LogP contribution in [0, 0.1) is 0 Å². The Morgan fingerprint density at radius 3 is 2.50 bits per heavy atom. The van der Waals surface area contributed by atoms with E-state index >= 15 is 0 Å². The third kappa shape index (κ3) is 3.60. The van der Waals surface area contributed by atoms with Gasteiger partial charge >= 0.3 is 0 Å². The maximum atomic E-state index is 12.5. The molecule has 2 fully saturated rings. The van der Waals surface area contributed by atoms with E-state index in [1.54, 1.807) is 30.7 Å². The minimum absolute atomic E-state index is 0.0365. The number of hydrogen-bond donors (Lipinski definition) is 0. The number of morpholine rings is 1. The van der Waals surface area contributed by atoms with Crippen LogP contribution >= 0.6 is 0 Å². The van der Waals surface area contributed by atoms with Crippen LogP contribution in [0.4, 0.5) is 11.8 Å². The first-order chi connectivity index (χ1) is 12.8. The third-order valence-corrected chi connectivity index (χ3v) is 4.72. The van der Waals surface area contributed by atoms with Gasteiger partial charge in [-0.3, -0.25) is 9.78 Å². The molecule has 4 heterocycles. The molecule has 0 N–H and O–H groups in total. The summed E-state index contributed by atoms with van der Waals surface area (Å²) in [6.45, 7) is 5.91. The summed E-state index contributed by atoms with van der Waals surface area (Å²) in [5, 5.41) is 0. The van der Waals surface area contributed by atoms with Crippen molar-refractivity contribution in [3.8, 4) is 0 Å². The van der Waals surface area contributed by atoms with Gasteiger partial charge in [-0.15, -0.1) is 0 Å². The van der Waals surface area contributed by atoms with Gasteiger partial charge in [-0.05, 0) is 18.2 Å². The molecule has 2 aromatic rings. The van der Waals surface area contributed by atoms with Gasteiger partial charge in [-0.25, -0.2) is 4.98 Å². The van der Waals surface area contributed by atoms with E-state index in [1.165, 1.54) is 0 Å². The highest BCUT2D eigenvalue weighted by atomic mass is 16.5. The predicted octanol–water partition coefficient (Wildman–Crippen LogP) is 0.671. The molecule has 0 spiro atoms. The van der Waals surface area contributed by atoms with E-state index in [1.807, 2.05) is 11.0 Å². The number of hydrogen-bond acceptors (Lipinski definition) is 7. The maximum absolute atomic E-state index is 12.5. The summed E-state index contributed by atoms with van der Waals surface area (Å²) >= 11 is 0. The van der Waals surface area contributed by atoms with Gasteiger partial charge in [0, 0.05) is 57.9 Å². The normalized spacial score (nSPS) is 18.1. The van der Waals surface area contributed by atoms with Crippen molar-refractivity contribution in [2.24, 2.45) is 0 Å². The quantitative estimate of drug-likeness (QED) is 0.802. The lowest BCUT2D eigenvalue weighted by Crippen LogP contribution is -2.49. The summed E-state index contributed by atoms with van der Waals surface area (Å²) in [7, 11) is 0. The molecule has 0 unspecified atom stereocenters. The predicted molar refractivity (Wildman–Crippen MR) is 97.4 cm³/mol. The molecule has 26 heavy (non-hydrogen) atoms. The van der Waals surface area contributed by atoms with Crippen LogP contribution < -0.4 is 9.80 Å². The highest BCUT2D eigenvalue weighted by molar-refractivity contribution is 5.94. The standard InChI is InChI=1S/C18H22N6O2/c25-17(15-2-1-4-19-14-15)23-8-6-22(7-9-23)16-3-5-20-18(21-16)24-10-12-26-13-11-24/h1-5,14H,6-13H2. The monoisotopic (exact) mass is 354 g/mol. The average Bonchev–Trinajstić information content (AvgIpc) is 2.75. The van der Waals surface area contributed by atoms with Crippen molar-refractivity contribution in [3.05, 3.63) is 42.4 Å². The third-order valence-electron chi connectivity index (χ3n) is 4.72. The molecule has 2 saturated heterocycles. The van der Waals surface area contributed by atoms with Gasteiger partial charge in [-0.2, -0.15) is 4.98 Å². The van der Waals surface area contributed by atoms with E-state index in [0.717, 1.165) is 37.9 Å². The zero-order chi connectivity index (χ0) is 17.8. The molecular weight excluding hydrogens is 332 g/mol. The Hall–Kier alpha value is -2.74. The maximum Gasteiger partial charge on any atom is 0.255 e. The summed E-state index contributed by atoms with van der Waals surface area (Å²) in [5.41, 5.74) is 0.637. The van der Waals surface area contributed by atoms with Crippen molar-refractivity contribution < 1.29 is 9.53 Å². The van der Waals surface area contributed by atoms with E-state index in [2.05, 4.69) is 19.8 Å². The summed E-state index contributed by atoms with van der Waals surface area (Å²) in [6.07, 6.45) is 5.10. The van der Waals surface area contributed by atoms with Crippen molar-refractivity contribution >= 4 is 17.7 Å². The minimum Gasteiger partial charge on any atom is -0.378 e. The van der Waals surface area contributed by atoms with Crippen molar-refractivity contribution in [2.45, 2.75) is 0 Å². The molecule has 0 saturated carbocycles. The number of pyridine rings is 1. The smallest absolute Gasteiger partial charge is 0.255 e. The molecule has 2 aliphatic heterocycles. The Bertz CT molecular complexity index is 742. The second-order valence-electron chi connectivity index (χ2n) is 6.34. The Morgan fingerprint density at radius 1 is 0.962 bits per heavy atom. The average molecular weight is 354 g/mol. The molecule has 0 radical (unpaired) electrons. The van der Waals surface area contributed by atoms with Crippen LogP contribution in [0.15, 0.2) is 36.8 Å². The fraction of sp³-hybridized carbons (Fsp3) is 0.444. The highest BCUT2D eigenvalue weighted by Gasteiger charge is 2.23. The minimum atomic E-state index is 0.0365. The zero-order valence-corrected chi connectivity index (χ0v) is 14.6. The Morgan fingerprint density at radius 2 is 1.77 bits per heavy atom. The van der Waals surface area contributed by atoms with Crippen LogP contribution in [0.1, 0.15) is 10.4 Å². The number of piperazine rings is 1. The summed E-state index contributed by atoms with van der Waals surface area (Å²) < 4.78 is 5.39. The van der Waals surface area contributed by atoms with Gasteiger partial charge in [0.15, 0.2) is 0 Å². The molecule has 0 atom stereocenters. The molecule has 0 bridgehead atoms. The number of carbonyl (C=O) groups is 1. The molecule has 1 amide bonds. The molecule has 0 aliphatic carbocycles. The van der Waals surface area contributed by atoms with Crippen LogP contribution in [-0.2, 0) is 4.74 Å². The van der Waals surface area contributed by atoms with Gasteiger partial charge in [-0.1, -0.05) is 0 Å². The van der Waals surface area contributed by atoms with Crippen LogP contribution in [-0.4, -0.2) is 78.2 Å². The largest absolute Gasteiger partial charge is 0.378 e. The summed E-state index contributed by atoms with van der Waals surface area (Å²) in [4.78, 5) is 31.9. The molecule has 8 nitrogen and oxygen atoms in total. The fourth-order valence-corrected chi connectivity index (χ4v) is 3.24. The van der Waals surface area contributed by atoms with E-state index < -0.39 is 0 Å². The van der Waals surface area contributed by atoms with Crippen molar-refractivity contribution in [3.63, 3.8) is 0 Å². The SMILES string of the molecule is O=C(c1cccnc1)N1CCN(c2ccnc(N3CCOCC3)n2)CC1. The Labute approximate surface area is 152 Å². The molecule has 4 rings (SSSR count). The van der Waals surface area contributed by atoms with Gasteiger partial charge < -0.3 is 19.4 Å². The number of carbonyl (C=O) groups excluding carboxylic acids is 1.